The van der Waals surface area contributed by atoms with Gasteiger partial charge in [0.2, 0.25) is 0 Å². The SMILES string of the molecule is O=C([O-])c1nc2ccc(Cl)cn2c1C[NH+]1CCCCCC1. The predicted octanol–water partition coefficient (Wildman–Crippen LogP) is 0.310. The maximum Gasteiger partial charge on any atom is 0.137 e. The van der Waals surface area contributed by atoms with E-state index in [0.29, 0.717) is 22.9 Å². The quantitative estimate of drug-likeness (QED) is 0.888. The van der Waals surface area contributed by atoms with Gasteiger partial charge in [-0.3, -0.25) is 4.40 Å². The van der Waals surface area contributed by atoms with Crippen molar-refractivity contribution in [2.75, 3.05) is 13.1 Å². The van der Waals surface area contributed by atoms with Gasteiger partial charge in [0.15, 0.2) is 0 Å². The van der Waals surface area contributed by atoms with Crippen LogP contribution in [0.25, 0.3) is 5.65 Å². The number of carboxylic acids is 1. The number of pyridine rings is 1. The highest BCUT2D eigenvalue weighted by atomic mass is 35.5. The molecular weight excluding hydrogens is 290 g/mol. The van der Waals surface area contributed by atoms with Crippen LogP contribution in [0, 0.1) is 0 Å². The number of rotatable bonds is 3. The van der Waals surface area contributed by atoms with Gasteiger partial charge in [0.1, 0.15) is 23.6 Å². The third kappa shape index (κ3) is 3.04. The van der Waals surface area contributed by atoms with E-state index in [0.717, 1.165) is 13.1 Å². The predicted molar refractivity (Wildman–Crippen MR) is 77.4 cm³/mol. The lowest BCUT2D eigenvalue weighted by Crippen LogP contribution is -3.10. The fraction of sp³-hybridized carbons (Fsp3) is 0.467. The van der Waals surface area contributed by atoms with Crippen LogP contribution in [0.5, 0.6) is 0 Å². The second-order valence-electron chi connectivity index (χ2n) is 5.61. The molecule has 1 saturated heterocycles. The Balaban J connectivity index is 1.99. The number of carbonyl (C=O) groups is 1. The Labute approximate surface area is 128 Å². The number of fused-ring (bicyclic) bond motifs is 1. The minimum atomic E-state index is -1.22. The molecule has 0 saturated carbocycles. The van der Waals surface area contributed by atoms with Gasteiger partial charge in [0.05, 0.1) is 24.1 Å². The fourth-order valence-electron chi connectivity index (χ4n) is 3.04. The van der Waals surface area contributed by atoms with E-state index in [1.54, 1.807) is 22.7 Å². The van der Waals surface area contributed by atoms with Crippen LogP contribution in [0.1, 0.15) is 41.9 Å². The molecule has 1 fully saturated rings. The van der Waals surface area contributed by atoms with E-state index in [-0.39, 0.29) is 5.69 Å². The molecule has 112 valence electrons. The molecule has 1 N–H and O–H groups in total. The van der Waals surface area contributed by atoms with E-state index in [1.807, 2.05) is 0 Å². The summed E-state index contributed by atoms with van der Waals surface area (Å²) in [5.41, 5.74) is 1.32. The second kappa shape index (κ2) is 6.03. The molecule has 5 nitrogen and oxygen atoms in total. The largest absolute Gasteiger partial charge is 0.543 e. The van der Waals surface area contributed by atoms with Gasteiger partial charge in [-0.15, -0.1) is 0 Å². The molecule has 2 aromatic heterocycles. The molecule has 6 heteroatoms. The number of quaternary nitrogens is 1. The first kappa shape index (κ1) is 14.4. The van der Waals surface area contributed by atoms with Crippen molar-refractivity contribution in [1.29, 1.82) is 0 Å². The van der Waals surface area contributed by atoms with Gasteiger partial charge >= 0.3 is 0 Å². The van der Waals surface area contributed by atoms with Gasteiger partial charge in [-0.05, 0) is 37.8 Å². The van der Waals surface area contributed by atoms with Gasteiger partial charge in [-0.25, -0.2) is 4.98 Å². The second-order valence-corrected chi connectivity index (χ2v) is 6.05. The normalized spacial score (nSPS) is 17.0. The number of hydrogen-bond donors (Lipinski definition) is 1. The van der Waals surface area contributed by atoms with Crippen LogP contribution < -0.4 is 10.0 Å². The number of hydrogen-bond acceptors (Lipinski definition) is 3. The maximum atomic E-state index is 11.4. The Morgan fingerprint density at radius 3 is 2.67 bits per heavy atom. The van der Waals surface area contributed by atoms with E-state index in [2.05, 4.69) is 4.98 Å². The first-order valence-corrected chi connectivity index (χ1v) is 7.74. The van der Waals surface area contributed by atoms with Gasteiger partial charge in [0.25, 0.3) is 0 Å². The van der Waals surface area contributed by atoms with Crippen molar-refractivity contribution in [2.45, 2.75) is 32.2 Å². The Morgan fingerprint density at radius 1 is 1.29 bits per heavy atom. The minimum absolute atomic E-state index is 0.0361. The summed E-state index contributed by atoms with van der Waals surface area (Å²) < 4.78 is 1.78. The van der Waals surface area contributed by atoms with Crippen LogP contribution in [-0.4, -0.2) is 28.4 Å². The number of aromatic carboxylic acids is 1. The molecule has 3 heterocycles. The van der Waals surface area contributed by atoms with E-state index >= 15 is 0 Å². The topological polar surface area (TPSA) is 61.9 Å². The Hall–Kier alpha value is -1.59. The molecule has 1 aliphatic heterocycles. The summed E-state index contributed by atoms with van der Waals surface area (Å²) in [7, 11) is 0. The highest BCUT2D eigenvalue weighted by molar-refractivity contribution is 6.30. The number of nitrogens with zero attached hydrogens (tertiary/aromatic N) is 2. The van der Waals surface area contributed by atoms with E-state index < -0.39 is 5.97 Å². The van der Waals surface area contributed by atoms with Crippen molar-refractivity contribution < 1.29 is 14.8 Å². The molecule has 0 radical (unpaired) electrons. The molecule has 0 aromatic carbocycles. The molecule has 0 amide bonds. The summed E-state index contributed by atoms with van der Waals surface area (Å²) in [6.45, 7) is 2.78. The third-order valence-electron chi connectivity index (χ3n) is 4.10. The summed E-state index contributed by atoms with van der Waals surface area (Å²) in [5, 5.41) is 11.9. The number of nitrogens with one attached hydrogen (secondary N) is 1. The zero-order valence-electron chi connectivity index (χ0n) is 11.8. The van der Waals surface area contributed by atoms with E-state index in [4.69, 9.17) is 11.6 Å². The minimum Gasteiger partial charge on any atom is -0.543 e. The molecule has 21 heavy (non-hydrogen) atoms. The third-order valence-corrected chi connectivity index (χ3v) is 4.33. The number of likely N-dealkylation sites (tertiary alicyclic amines) is 1. The Morgan fingerprint density at radius 2 is 2.00 bits per heavy atom. The number of carbonyl (C=O) groups excluding carboxylic acids is 1. The first-order chi connectivity index (χ1) is 10.1. The number of imidazole rings is 1. The number of carboxylic acid groups (broad SMARTS) is 1. The van der Waals surface area contributed by atoms with Crippen molar-refractivity contribution in [2.24, 2.45) is 0 Å². The molecule has 2 aromatic rings. The van der Waals surface area contributed by atoms with Crippen molar-refractivity contribution in [1.82, 2.24) is 9.38 Å². The molecule has 0 spiro atoms. The summed E-state index contributed by atoms with van der Waals surface area (Å²) >= 11 is 6.03. The lowest BCUT2D eigenvalue weighted by Gasteiger charge is -2.17. The smallest absolute Gasteiger partial charge is 0.137 e. The van der Waals surface area contributed by atoms with Gasteiger partial charge < -0.3 is 14.8 Å². The van der Waals surface area contributed by atoms with Crippen molar-refractivity contribution in [3.05, 3.63) is 34.7 Å². The summed E-state index contributed by atoms with van der Waals surface area (Å²) in [4.78, 5) is 16.9. The molecule has 0 atom stereocenters. The van der Waals surface area contributed by atoms with Crippen LogP contribution in [0.2, 0.25) is 5.02 Å². The summed E-state index contributed by atoms with van der Waals surface area (Å²) in [6.07, 6.45) is 6.62. The van der Waals surface area contributed by atoms with Crippen LogP contribution >= 0.6 is 11.6 Å². The highest BCUT2D eigenvalue weighted by Gasteiger charge is 2.20. The van der Waals surface area contributed by atoms with Gasteiger partial charge in [-0.2, -0.15) is 0 Å². The molecule has 0 unspecified atom stereocenters. The Kier molecular flexibility index (Phi) is 4.12. The standard InChI is InChI=1S/C15H18ClN3O2/c16-11-5-6-13-17-14(15(20)21)12(19(13)9-11)10-18-7-3-1-2-4-8-18/h5-6,9H,1-4,7-8,10H2,(H,20,21). The lowest BCUT2D eigenvalue weighted by atomic mass is 10.2. The lowest BCUT2D eigenvalue weighted by molar-refractivity contribution is -0.913. The van der Waals surface area contributed by atoms with Crippen molar-refractivity contribution in [3.63, 3.8) is 0 Å². The molecule has 1 aliphatic rings. The van der Waals surface area contributed by atoms with Gasteiger partial charge in [0, 0.05) is 6.20 Å². The fourth-order valence-corrected chi connectivity index (χ4v) is 3.20. The number of halogens is 1. The average molecular weight is 308 g/mol. The molecule has 0 aliphatic carbocycles. The highest BCUT2D eigenvalue weighted by Crippen LogP contribution is 2.16. The van der Waals surface area contributed by atoms with E-state index in [9.17, 15) is 9.90 Å². The zero-order valence-corrected chi connectivity index (χ0v) is 12.5. The van der Waals surface area contributed by atoms with Crippen LogP contribution in [-0.2, 0) is 6.54 Å². The van der Waals surface area contributed by atoms with E-state index in [1.165, 1.54) is 30.6 Å². The van der Waals surface area contributed by atoms with Crippen molar-refractivity contribution >= 4 is 23.2 Å². The van der Waals surface area contributed by atoms with Crippen LogP contribution in [0.3, 0.4) is 0 Å². The van der Waals surface area contributed by atoms with Gasteiger partial charge in [-0.1, -0.05) is 11.6 Å². The number of aromatic nitrogens is 2. The summed E-state index contributed by atoms with van der Waals surface area (Å²) in [6, 6.07) is 3.45. The Bertz CT molecular complexity index is 660. The first-order valence-electron chi connectivity index (χ1n) is 7.36. The monoisotopic (exact) mass is 307 g/mol. The van der Waals surface area contributed by atoms with Crippen LogP contribution in [0.15, 0.2) is 18.3 Å². The molecule has 3 rings (SSSR count). The zero-order chi connectivity index (χ0) is 14.8. The maximum absolute atomic E-state index is 11.4. The molecular formula is C15H18ClN3O2. The average Bonchev–Trinajstić information content (AvgIpc) is 2.63. The molecule has 0 bridgehead atoms. The summed E-state index contributed by atoms with van der Waals surface area (Å²) in [5.74, 6) is -1.22. The van der Waals surface area contributed by atoms with Crippen LogP contribution in [0.4, 0.5) is 0 Å². The van der Waals surface area contributed by atoms with Crippen molar-refractivity contribution in [3.8, 4) is 0 Å².